The van der Waals surface area contributed by atoms with E-state index < -0.39 is 27.7 Å². The first-order valence-electron chi connectivity index (χ1n) is 8.99. The summed E-state index contributed by atoms with van der Waals surface area (Å²) in [6, 6.07) is 18.6. The predicted molar refractivity (Wildman–Crippen MR) is 111 cm³/mol. The molecule has 2 aromatic rings. The van der Waals surface area contributed by atoms with Gasteiger partial charge in [0.2, 0.25) is 0 Å². The van der Waals surface area contributed by atoms with Crippen molar-refractivity contribution >= 4 is 23.0 Å². The molecule has 2 aromatic carbocycles. The smallest absolute Gasteiger partial charge is 0.336 e. The molecule has 0 unspecified atom stereocenters. The molecule has 1 N–H and O–H groups in total. The van der Waals surface area contributed by atoms with Gasteiger partial charge in [0.15, 0.2) is 0 Å². The third-order valence-corrected chi connectivity index (χ3v) is 5.42. The highest BCUT2D eigenvalue weighted by Gasteiger charge is 2.29. The fraction of sp³-hybridized carbons (Fsp3) is 0.318. The monoisotopic (exact) mass is 385 g/mol. The molecule has 0 saturated heterocycles. The third-order valence-electron chi connectivity index (χ3n) is 3.86. The molecule has 0 heterocycles. The standard InChI is InChI=1S/C22H27NO3S/c1-5-26-21(24)19(16-17-12-8-6-9-13-17)20(18-14-10-7-11-15-18)23-27(25)22(2,3)4/h6-16,20,23H,5H2,1-4H3/b19-16-/t20-,27+/m0/s1. The number of nitrogens with one attached hydrogen (secondary N) is 1. The van der Waals surface area contributed by atoms with Crippen LogP contribution in [0.4, 0.5) is 0 Å². The maximum Gasteiger partial charge on any atom is 0.336 e. The van der Waals surface area contributed by atoms with Gasteiger partial charge in [-0.2, -0.15) is 0 Å². The van der Waals surface area contributed by atoms with Crippen molar-refractivity contribution < 1.29 is 13.7 Å². The van der Waals surface area contributed by atoms with Gasteiger partial charge in [0.25, 0.3) is 0 Å². The van der Waals surface area contributed by atoms with Crippen LogP contribution in [0.2, 0.25) is 0 Å². The van der Waals surface area contributed by atoms with Crippen LogP contribution in [-0.4, -0.2) is 21.5 Å². The Kier molecular flexibility index (Phi) is 7.51. The molecule has 2 rings (SSSR count). The Hall–Kier alpha value is -2.24. The molecular weight excluding hydrogens is 358 g/mol. The van der Waals surface area contributed by atoms with Crippen molar-refractivity contribution in [2.45, 2.75) is 38.5 Å². The van der Waals surface area contributed by atoms with E-state index in [2.05, 4.69) is 4.72 Å². The molecule has 0 fully saturated rings. The first-order valence-corrected chi connectivity index (χ1v) is 10.1. The van der Waals surface area contributed by atoms with E-state index in [1.807, 2.05) is 81.4 Å². The first kappa shape index (κ1) is 21.1. The zero-order valence-corrected chi connectivity index (χ0v) is 17.1. The van der Waals surface area contributed by atoms with Crippen molar-refractivity contribution in [2.24, 2.45) is 0 Å². The van der Waals surface area contributed by atoms with Crippen molar-refractivity contribution in [3.8, 4) is 0 Å². The SMILES string of the molecule is CCOC(=O)/C(=C\c1ccccc1)[C@@H](N[S@](=O)C(C)(C)C)c1ccccc1. The van der Waals surface area contributed by atoms with Crippen molar-refractivity contribution in [3.63, 3.8) is 0 Å². The summed E-state index contributed by atoms with van der Waals surface area (Å²) >= 11 is 0. The predicted octanol–water partition coefficient (Wildman–Crippen LogP) is 4.43. The van der Waals surface area contributed by atoms with Crippen LogP contribution in [-0.2, 0) is 20.5 Å². The van der Waals surface area contributed by atoms with Crippen molar-refractivity contribution in [1.29, 1.82) is 0 Å². The van der Waals surface area contributed by atoms with Crippen LogP contribution in [0.25, 0.3) is 6.08 Å². The van der Waals surface area contributed by atoms with Gasteiger partial charge in [-0.1, -0.05) is 60.7 Å². The average Bonchev–Trinajstić information content (AvgIpc) is 2.65. The first-order chi connectivity index (χ1) is 12.8. The highest BCUT2D eigenvalue weighted by molar-refractivity contribution is 7.84. The molecule has 0 spiro atoms. The van der Waals surface area contributed by atoms with E-state index in [1.54, 1.807) is 13.0 Å². The molecule has 0 saturated carbocycles. The third kappa shape index (κ3) is 6.15. The summed E-state index contributed by atoms with van der Waals surface area (Å²) in [5.41, 5.74) is 2.15. The molecule has 0 amide bonds. The highest BCUT2D eigenvalue weighted by atomic mass is 32.2. The number of esters is 1. The summed E-state index contributed by atoms with van der Waals surface area (Å²) in [6.45, 7) is 7.72. The lowest BCUT2D eigenvalue weighted by atomic mass is 9.97. The summed E-state index contributed by atoms with van der Waals surface area (Å²) in [5, 5.41) is 0. The Bertz CT molecular complexity index is 795. The van der Waals surface area contributed by atoms with Gasteiger partial charge in [-0.05, 0) is 44.9 Å². The van der Waals surface area contributed by atoms with Crippen LogP contribution < -0.4 is 4.72 Å². The molecule has 27 heavy (non-hydrogen) atoms. The van der Waals surface area contributed by atoms with Crippen LogP contribution in [0.1, 0.15) is 44.9 Å². The molecule has 0 radical (unpaired) electrons. The number of rotatable bonds is 7. The van der Waals surface area contributed by atoms with Crippen molar-refractivity contribution in [1.82, 2.24) is 4.72 Å². The Morgan fingerprint density at radius 1 is 1.07 bits per heavy atom. The largest absolute Gasteiger partial charge is 0.463 e. The number of benzene rings is 2. The Morgan fingerprint density at radius 2 is 1.63 bits per heavy atom. The summed E-state index contributed by atoms with van der Waals surface area (Å²) in [6.07, 6.45) is 1.79. The Morgan fingerprint density at radius 3 is 2.15 bits per heavy atom. The minimum Gasteiger partial charge on any atom is -0.463 e. The molecule has 2 atom stereocenters. The van der Waals surface area contributed by atoms with Crippen LogP contribution in [0, 0.1) is 0 Å². The van der Waals surface area contributed by atoms with Gasteiger partial charge < -0.3 is 4.74 Å². The highest BCUT2D eigenvalue weighted by Crippen LogP contribution is 2.27. The number of hydrogen-bond acceptors (Lipinski definition) is 3. The van der Waals surface area contributed by atoms with Crippen LogP contribution >= 0.6 is 0 Å². The normalized spacial score (nSPS) is 14.4. The second-order valence-corrected chi connectivity index (χ2v) is 9.07. The molecule has 0 aromatic heterocycles. The molecule has 4 nitrogen and oxygen atoms in total. The fourth-order valence-electron chi connectivity index (χ4n) is 2.44. The van der Waals surface area contributed by atoms with Crippen LogP contribution in [0.5, 0.6) is 0 Å². The summed E-state index contributed by atoms with van der Waals surface area (Å²) in [7, 11) is -1.37. The molecule has 0 aliphatic carbocycles. The Labute approximate surface area is 164 Å². The lowest BCUT2D eigenvalue weighted by Gasteiger charge is -2.26. The van der Waals surface area contributed by atoms with E-state index in [9.17, 15) is 9.00 Å². The van der Waals surface area contributed by atoms with E-state index in [1.165, 1.54) is 0 Å². The van der Waals surface area contributed by atoms with Crippen molar-refractivity contribution in [2.75, 3.05) is 6.61 Å². The van der Waals surface area contributed by atoms with E-state index in [4.69, 9.17) is 4.74 Å². The summed E-state index contributed by atoms with van der Waals surface area (Å²) in [5.74, 6) is -0.423. The van der Waals surface area contributed by atoms with E-state index in [-0.39, 0.29) is 6.61 Å². The lowest BCUT2D eigenvalue weighted by molar-refractivity contribution is -0.138. The number of ether oxygens (including phenoxy) is 1. The van der Waals surface area contributed by atoms with Gasteiger partial charge in [-0.15, -0.1) is 0 Å². The van der Waals surface area contributed by atoms with Crippen LogP contribution in [0.3, 0.4) is 0 Å². The molecule has 0 aliphatic heterocycles. The average molecular weight is 386 g/mol. The second-order valence-electron chi connectivity index (χ2n) is 7.07. The minimum absolute atomic E-state index is 0.273. The van der Waals surface area contributed by atoms with Gasteiger partial charge in [-0.25, -0.2) is 13.7 Å². The van der Waals surface area contributed by atoms with Gasteiger partial charge in [-0.3, -0.25) is 0 Å². The number of hydrogen-bond donors (Lipinski definition) is 1. The Balaban J connectivity index is 2.53. The molecule has 144 valence electrons. The van der Waals surface area contributed by atoms with Crippen LogP contribution in [0.15, 0.2) is 66.2 Å². The molecule has 0 aliphatic rings. The second kappa shape index (κ2) is 9.62. The maximum absolute atomic E-state index is 12.8. The van der Waals surface area contributed by atoms with Crippen molar-refractivity contribution in [3.05, 3.63) is 77.4 Å². The molecule has 0 bridgehead atoms. The van der Waals surface area contributed by atoms with E-state index in [0.717, 1.165) is 11.1 Å². The maximum atomic E-state index is 12.8. The minimum atomic E-state index is -1.37. The fourth-order valence-corrected chi connectivity index (χ4v) is 3.27. The van der Waals surface area contributed by atoms with E-state index in [0.29, 0.717) is 5.57 Å². The quantitative estimate of drug-likeness (QED) is 0.567. The summed E-state index contributed by atoms with van der Waals surface area (Å²) < 4.78 is 20.8. The molecule has 5 heteroatoms. The zero-order chi connectivity index (χ0) is 19.9. The van der Waals surface area contributed by atoms with E-state index >= 15 is 0 Å². The zero-order valence-electron chi connectivity index (χ0n) is 16.3. The number of carbonyl (C=O) groups excluding carboxylic acids is 1. The topological polar surface area (TPSA) is 55.4 Å². The molecular formula is C22H27NO3S. The number of carbonyl (C=O) groups is 1. The summed E-state index contributed by atoms with van der Waals surface area (Å²) in [4.78, 5) is 12.8. The van der Waals surface area contributed by atoms with Gasteiger partial charge in [0.05, 0.1) is 34.0 Å². The lowest BCUT2D eigenvalue weighted by Crippen LogP contribution is -2.37. The van der Waals surface area contributed by atoms with Gasteiger partial charge in [0.1, 0.15) is 0 Å². The van der Waals surface area contributed by atoms with Gasteiger partial charge in [0, 0.05) is 0 Å². The van der Waals surface area contributed by atoms with Gasteiger partial charge >= 0.3 is 5.97 Å².